The van der Waals surface area contributed by atoms with Crippen LogP contribution in [0.15, 0.2) is 60.7 Å². The van der Waals surface area contributed by atoms with Gasteiger partial charge in [0.2, 0.25) is 0 Å². The van der Waals surface area contributed by atoms with Gasteiger partial charge in [0.05, 0.1) is 56.9 Å². The molecule has 0 spiro atoms. The smallest absolute Gasteiger partial charge is 0.161 e. The molecule has 2 saturated carbocycles. The normalized spacial score (nSPS) is 21.5. The highest BCUT2D eigenvalue weighted by Crippen LogP contribution is 2.53. The second-order valence-corrected chi connectivity index (χ2v) is 19.2. The van der Waals surface area contributed by atoms with Crippen molar-refractivity contribution >= 4 is 0 Å². The monoisotopic (exact) mass is 853 g/mol. The van der Waals surface area contributed by atoms with E-state index in [0.717, 1.165) is 95.6 Å². The number of methoxy groups -OCH3 is 8. The molecule has 0 N–H and O–H groups in total. The van der Waals surface area contributed by atoms with E-state index in [2.05, 4.69) is 104 Å². The van der Waals surface area contributed by atoms with Crippen molar-refractivity contribution in [2.24, 2.45) is 11.8 Å². The maximum atomic E-state index is 5.86. The van der Waals surface area contributed by atoms with Gasteiger partial charge in [0.25, 0.3) is 0 Å². The Labute approximate surface area is 373 Å². The van der Waals surface area contributed by atoms with Crippen LogP contribution in [0.3, 0.4) is 0 Å². The van der Waals surface area contributed by atoms with Crippen LogP contribution in [0.5, 0.6) is 46.0 Å². The van der Waals surface area contributed by atoms with Crippen LogP contribution in [0.2, 0.25) is 0 Å². The topological polar surface area (TPSA) is 73.8 Å². The molecule has 0 atom stereocenters. The Morgan fingerprint density at radius 1 is 0.435 bits per heavy atom. The molecule has 4 aromatic rings. The van der Waals surface area contributed by atoms with Gasteiger partial charge in [0.1, 0.15) is 23.0 Å². The first-order chi connectivity index (χ1) is 29.4. The molecule has 0 radical (unpaired) electrons. The van der Waals surface area contributed by atoms with Crippen molar-refractivity contribution in [3.8, 4) is 46.0 Å². The van der Waals surface area contributed by atoms with Gasteiger partial charge in [-0.3, -0.25) is 0 Å². The Hall–Kier alpha value is -4.72. The first-order valence-electron chi connectivity index (χ1n) is 22.3. The molecule has 8 nitrogen and oxygen atoms in total. The second-order valence-electron chi connectivity index (χ2n) is 19.2. The number of benzene rings is 4. The zero-order valence-electron chi connectivity index (χ0n) is 40.9. The third-order valence-electron chi connectivity index (χ3n) is 15.3. The van der Waals surface area contributed by atoms with E-state index in [9.17, 15) is 0 Å². The molecule has 0 unspecified atom stereocenters. The lowest BCUT2D eigenvalue weighted by molar-refractivity contribution is 0.173. The third-order valence-corrected chi connectivity index (χ3v) is 15.3. The van der Waals surface area contributed by atoms with E-state index < -0.39 is 0 Å². The Bertz CT molecular complexity index is 2120. The number of hydrogen-bond donors (Lipinski definition) is 0. The molecule has 2 fully saturated rings. The van der Waals surface area contributed by atoms with Gasteiger partial charge in [0.15, 0.2) is 23.0 Å². The summed E-state index contributed by atoms with van der Waals surface area (Å²) in [6.07, 6.45) is 9.26. The first kappa shape index (κ1) is 48.3. The van der Waals surface area contributed by atoms with Crippen LogP contribution in [0.4, 0.5) is 0 Å². The van der Waals surface area contributed by atoms with Crippen LogP contribution in [0.25, 0.3) is 0 Å². The van der Waals surface area contributed by atoms with Crippen LogP contribution >= 0.6 is 0 Å². The number of ether oxygens (including phenoxy) is 8. The van der Waals surface area contributed by atoms with Crippen molar-refractivity contribution in [3.05, 3.63) is 94.0 Å². The zero-order chi connectivity index (χ0) is 45.6. The summed E-state index contributed by atoms with van der Waals surface area (Å²) in [5, 5.41) is 0. The predicted molar refractivity (Wildman–Crippen MR) is 252 cm³/mol. The second kappa shape index (κ2) is 19.8. The van der Waals surface area contributed by atoms with Gasteiger partial charge < -0.3 is 37.9 Å². The minimum absolute atomic E-state index is 0.00359. The Morgan fingerprint density at radius 3 is 1.35 bits per heavy atom. The van der Waals surface area contributed by atoms with E-state index in [1.165, 1.54) is 35.1 Å². The van der Waals surface area contributed by atoms with E-state index in [4.69, 9.17) is 37.9 Å². The molecule has 0 aromatic heterocycles. The largest absolute Gasteiger partial charge is 0.496 e. The van der Waals surface area contributed by atoms with Gasteiger partial charge in [-0.1, -0.05) is 65.8 Å². The lowest BCUT2D eigenvalue weighted by atomic mass is 9.60. The fraction of sp³-hybridized carbons (Fsp3) is 0.556. The van der Waals surface area contributed by atoms with Crippen molar-refractivity contribution in [3.63, 3.8) is 0 Å². The lowest BCUT2D eigenvalue weighted by Gasteiger charge is -2.45. The maximum absolute atomic E-state index is 5.86. The van der Waals surface area contributed by atoms with Crippen LogP contribution in [-0.4, -0.2) is 56.9 Å². The quantitative estimate of drug-likeness (QED) is 0.124. The van der Waals surface area contributed by atoms with Crippen LogP contribution in [-0.2, 0) is 21.7 Å². The molecule has 0 bridgehead atoms. The summed E-state index contributed by atoms with van der Waals surface area (Å²) >= 11 is 0. The fourth-order valence-corrected chi connectivity index (χ4v) is 10.7. The minimum Gasteiger partial charge on any atom is -0.496 e. The highest BCUT2D eigenvalue weighted by molar-refractivity contribution is 5.54. The molecule has 2 aliphatic rings. The van der Waals surface area contributed by atoms with Crippen molar-refractivity contribution in [2.45, 2.75) is 128 Å². The Balaban J connectivity index is 0.000000235. The summed E-state index contributed by atoms with van der Waals surface area (Å²) in [4.78, 5) is 0. The Kier molecular flexibility index (Phi) is 15.4. The first-order valence-corrected chi connectivity index (χ1v) is 22.3. The molecule has 4 aromatic carbocycles. The summed E-state index contributed by atoms with van der Waals surface area (Å²) in [6, 6.07) is 21.3. The van der Waals surface area contributed by atoms with Crippen molar-refractivity contribution in [1.82, 2.24) is 0 Å². The zero-order valence-corrected chi connectivity index (χ0v) is 40.9. The van der Waals surface area contributed by atoms with E-state index in [-0.39, 0.29) is 21.7 Å². The fourth-order valence-electron chi connectivity index (χ4n) is 10.7. The minimum atomic E-state index is 0.00359. The molecule has 340 valence electrons. The molecule has 2 aliphatic carbocycles. The van der Waals surface area contributed by atoms with Crippen LogP contribution in [0.1, 0.15) is 126 Å². The third kappa shape index (κ3) is 9.45. The van der Waals surface area contributed by atoms with Gasteiger partial charge in [0, 0.05) is 22.3 Å². The summed E-state index contributed by atoms with van der Waals surface area (Å²) in [7, 11) is 13.7. The van der Waals surface area contributed by atoms with Crippen LogP contribution < -0.4 is 37.9 Å². The van der Waals surface area contributed by atoms with Gasteiger partial charge in [-0.25, -0.2) is 0 Å². The van der Waals surface area contributed by atoms with Crippen molar-refractivity contribution in [1.29, 1.82) is 0 Å². The maximum Gasteiger partial charge on any atom is 0.161 e. The summed E-state index contributed by atoms with van der Waals surface area (Å²) < 4.78 is 44.7. The average molecular weight is 853 g/mol. The standard InChI is InChI=1S/C28H40O4.C26H36O4/c1-18-23(29-6)12-10-21(25(18)31-8)27(3,4)20-14-16-28(5,17-15-20)22-11-13-24(30-7)19(2)26(22)32-9;1-25(2,19-8-10-21(27-4)23(16-19)29-6)18-12-14-26(3,15-13-18)20-9-11-22(28-5)24(17-20)30-7/h10-13,20H,14-17H2,1-9H3;8-11,16-18H,12-15H2,1-7H3. The summed E-state index contributed by atoms with van der Waals surface area (Å²) in [5.41, 5.74) is 7.68. The SMILES string of the molecule is COc1ccc(C2(C)CCC(C(C)(C)c3ccc(OC)c(C)c3OC)CC2)c(OC)c1C.COc1ccc(C2(C)CCC(C(C)(C)c3ccc(OC)c(OC)c3)CC2)cc1OC. The van der Waals surface area contributed by atoms with Crippen LogP contribution in [0, 0.1) is 25.7 Å². The predicted octanol–water partition coefficient (Wildman–Crippen LogP) is 12.9. The highest BCUT2D eigenvalue weighted by atomic mass is 16.5. The van der Waals surface area contributed by atoms with Crippen molar-refractivity contribution in [2.75, 3.05) is 56.9 Å². The highest BCUT2D eigenvalue weighted by Gasteiger charge is 2.43. The molecule has 0 amide bonds. The van der Waals surface area contributed by atoms with E-state index >= 15 is 0 Å². The number of rotatable bonds is 14. The average Bonchev–Trinajstić information content (AvgIpc) is 3.28. The summed E-state index contributed by atoms with van der Waals surface area (Å²) in [6.45, 7) is 18.4. The van der Waals surface area contributed by atoms with Gasteiger partial charge in [-0.15, -0.1) is 0 Å². The Morgan fingerprint density at radius 2 is 0.855 bits per heavy atom. The molecule has 6 rings (SSSR count). The van der Waals surface area contributed by atoms with E-state index in [1.54, 1.807) is 56.9 Å². The van der Waals surface area contributed by atoms with Gasteiger partial charge in [-0.05, 0) is 146 Å². The molecule has 8 heteroatoms. The lowest BCUT2D eigenvalue weighted by Crippen LogP contribution is -2.37. The molecular weight excluding hydrogens is 777 g/mol. The van der Waals surface area contributed by atoms with Crippen molar-refractivity contribution < 1.29 is 37.9 Å². The number of hydrogen-bond acceptors (Lipinski definition) is 8. The molecule has 62 heavy (non-hydrogen) atoms. The molecule has 0 aliphatic heterocycles. The van der Waals surface area contributed by atoms with Gasteiger partial charge >= 0.3 is 0 Å². The molecule has 0 heterocycles. The molecular formula is C54H76O8. The molecule has 0 saturated heterocycles. The van der Waals surface area contributed by atoms with E-state index in [1.807, 2.05) is 12.1 Å². The summed E-state index contributed by atoms with van der Waals surface area (Å²) in [5.74, 6) is 8.04. The van der Waals surface area contributed by atoms with Gasteiger partial charge in [-0.2, -0.15) is 0 Å². The van der Waals surface area contributed by atoms with E-state index in [0.29, 0.717) is 11.8 Å².